The van der Waals surface area contributed by atoms with Crippen LogP contribution in [0.5, 0.6) is 0 Å². The van der Waals surface area contributed by atoms with E-state index in [0.717, 1.165) is 55.9 Å². The first-order valence-corrected chi connectivity index (χ1v) is 13.2. The summed E-state index contributed by atoms with van der Waals surface area (Å²) in [5, 5.41) is 15.9. The largest absolute Gasteiger partial charge is 0.367 e. The van der Waals surface area contributed by atoms with Crippen LogP contribution < -0.4 is 16.2 Å². The third kappa shape index (κ3) is 5.28. The van der Waals surface area contributed by atoms with Gasteiger partial charge in [-0.15, -0.1) is 0 Å². The molecule has 196 valence electrons. The van der Waals surface area contributed by atoms with Gasteiger partial charge in [0, 0.05) is 24.9 Å². The van der Waals surface area contributed by atoms with Crippen LogP contribution >= 0.6 is 0 Å². The van der Waals surface area contributed by atoms with E-state index in [-0.39, 0.29) is 11.8 Å². The fourth-order valence-electron chi connectivity index (χ4n) is 5.08. The molecule has 0 bridgehead atoms. The van der Waals surface area contributed by atoms with Crippen molar-refractivity contribution in [3.63, 3.8) is 0 Å². The number of pyridine rings is 2. The second-order valence-electron chi connectivity index (χ2n) is 9.91. The molecule has 38 heavy (non-hydrogen) atoms. The van der Waals surface area contributed by atoms with Crippen molar-refractivity contribution in [1.82, 2.24) is 34.5 Å². The molecular formula is C27H31N9O2. The zero-order chi connectivity index (χ0) is 25.9. The third-order valence-corrected chi connectivity index (χ3v) is 7.09. The van der Waals surface area contributed by atoms with Gasteiger partial charge in [-0.3, -0.25) is 14.3 Å². The number of hydrogen-bond acceptors (Lipinski definition) is 9. The Hall–Kier alpha value is -4.12. The summed E-state index contributed by atoms with van der Waals surface area (Å²) in [6.07, 6.45) is 14.5. The van der Waals surface area contributed by atoms with Crippen LogP contribution in [0.2, 0.25) is 0 Å². The van der Waals surface area contributed by atoms with Crippen molar-refractivity contribution >= 4 is 11.6 Å². The Balaban J connectivity index is 1.11. The average molecular weight is 514 g/mol. The minimum atomic E-state index is -0.171. The van der Waals surface area contributed by atoms with E-state index in [9.17, 15) is 4.79 Å². The second-order valence-corrected chi connectivity index (χ2v) is 9.91. The van der Waals surface area contributed by atoms with E-state index in [1.165, 1.54) is 0 Å². The van der Waals surface area contributed by atoms with Crippen molar-refractivity contribution in [2.24, 2.45) is 0 Å². The molecule has 1 unspecified atom stereocenters. The summed E-state index contributed by atoms with van der Waals surface area (Å²) in [5.74, 6) is 1.59. The van der Waals surface area contributed by atoms with Gasteiger partial charge in [0.2, 0.25) is 0 Å². The van der Waals surface area contributed by atoms with Crippen LogP contribution in [-0.2, 0) is 4.74 Å². The molecule has 0 aromatic carbocycles. The fourth-order valence-corrected chi connectivity index (χ4v) is 5.08. The van der Waals surface area contributed by atoms with Gasteiger partial charge in [-0.1, -0.05) is 0 Å². The summed E-state index contributed by atoms with van der Waals surface area (Å²) < 4.78 is 7.35. The highest BCUT2D eigenvalue weighted by Crippen LogP contribution is 2.25. The number of aromatic nitrogens is 7. The summed E-state index contributed by atoms with van der Waals surface area (Å²) in [6.45, 7) is 2.64. The summed E-state index contributed by atoms with van der Waals surface area (Å²) >= 11 is 0. The van der Waals surface area contributed by atoms with E-state index in [2.05, 4.69) is 35.8 Å². The first-order chi connectivity index (χ1) is 18.6. The number of ether oxygens (including phenoxy) is 1. The Morgan fingerprint density at radius 2 is 1.76 bits per heavy atom. The summed E-state index contributed by atoms with van der Waals surface area (Å²) in [4.78, 5) is 28.2. The zero-order valence-corrected chi connectivity index (χ0v) is 21.3. The molecule has 4 aromatic rings. The van der Waals surface area contributed by atoms with Crippen molar-refractivity contribution in [1.29, 1.82) is 0 Å². The quantitative estimate of drug-likeness (QED) is 0.380. The Kier molecular flexibility index (Phi) is 6.82. The molecule has 2 N–H and O–H groups in total. The van der Waals surface area contributed by atoms with Crippen LogP contribution in [0, 0.1) is 6.92 Å². The maximum Gasteiger partial charge on any atom is 0.264 e. The van der Waals surface area contributed by atoms with Gasteiger partial charge in [0.05, 0.1) is 41.7 Å². The molecule has 0 spiro atoms. The van der Waals surface area contributed by atoms with E-state index in [1.807, 2.05) is 25.1 Å². The van der Waals surface area contributed by atoms with Gasteiger partial charge in [-0.2, -0.15) is 15.0 Å². The molecule has 1 saturated heterocycles. The molecule has 4 aromatic heterocycles. The summed E-state index contributed by atoms with van der Waals surface area (Å²) in [6, 6.07) is 8.07. The Labute approximate surface area is 220 Å². The van der Waals surface area contributed by atoms with E-state index in [1.54, 1.807) is 46.4 Å². The van der Waals surface area contributed by atoms with Crippen molar-refractivity contribution in [3.05, 3.63) is 71.3 Å². The number of anilines is 2. The number of nitrogens with one attached hydrogen (secondary N) is 2. The highest BCUT2D eigenvalue weighted by molar-refractivity contribution is 5.57. The van der Waals surface area contributed by atoms with Crippen LogP contribution in [0.3, 0.4) is 0 Å². The predicted octanol–water partition coefficient (Wildman–Crippen LogP) is 3.73. The SMILES string of the molecule is Cc1cnc(N[C@H]2CC[C@H](Nc3ccc(-n4cccc(-c5cnn(C6CCCCO6)n5)c4=O)cn3)C2)cn1. The highest BCUT2D eigenvalue weighted by atomic mass is 16.5. The molecule has 1 aliphatic heterocycles. The molecule has 1 saturated carbocycles. The molecular weight excluding hydrogens is 482 g/mol. The maximum absolute atomic E-state index is 13.3. The van der Waals surface area contributed by atoms with E-state index in [0.29, 0.717) is 35.6 Å². The maximum atomic E-state index is 13.3. The van der Waals surface area contributed by atoms with Crippen molar-refractivity contribution < 1.29 is 4.74 Å². The van der Waals surface area contributed by atoms with Gasteiger partial charge < -0.3 is 15.4 Å². The van der Waals surface area contributed by atoms with E-state index >= 15 is 0 Å². The van der Waals surface area contributed by atoms with E-state index in [4.69, 9.17) is 4.74 Å². The highest BCUT2D eigenvalue weighted by Gasteiger charge is 2.25. The first-order valence-electron chi connectivity index (χ1n) is 13.2. The average Bonchev–Trinajstić information content (AvgIpc) is 3.61. The molecule has 3 atom stereocenters. The monoisotopic (exact) mass is 513 g/mol. The fraction of sp³-hybridized carbons (Fsp3) is 0.407. The molecule has 11 nitrogen and oxygen atoms in total. The zero-order valence-electron chi connectivity index (χ0n) is 21.3. The minimum absolute atomic E-state index is 0.171. The van der Waals surface area contributed by atoms with Crippen molar-refractivity contribution in [2.45, 2.75) is 63.8 Å². The lowest BCUT2D eigenvalue weighted by Gasteiger charge is -2.21. The van der Waals surface area contributed by atoms with Crippen LogP contribution in [-0.4, -0.2) is 53.2 Å². The first kappa shape index (κ1) is 24.2. The van der Waals surface area contributed by atoms with Crippen molar-refractivity contribution in [2.75, 3.05) is 17.2 Å². The Bertz CT molecular complexity index is 1430. The van der Waals surface area contributed by atoms with Gasteiger partial charge in [0.15, 0.2) is 6.23 Å². The molecule has 1 aliphatic carbocycles. The van der Waals surface area contributed by atoms with Crippen LogP contribution in [0.25, 0.3) is 16.9 Å². The van der Waals surface area contributed by atoms with Gasteiger partial charge in [0.25, 0.3) is 5.56 Å². The number of aryl methyl sites for hydroxylation is 1. The Morgan fingerprint density at radius 3 is 2.50 bits per heavy atom. The molecule has 5 heterocycles. The molecule has 0 radical (unpaired) electrons. The van der Waals surface area contributed by atoms with Gasteiger partial charge >= 0.3 is 0 Å². The second kappa shape index (κ2) is 10.7. The lowest BCUT2D eigenvalue weighted by Crippen LogP contribution is -2.22. The smallest absolute Gasteiger partial charge is 0.264 e. The lowest BCUT2D eigenvalue weighted by atomic mass is 10.2. The lowest BCUT2D eigenvalue weighted by molar-refractivity contribution is -0.0479. The molecule has 6 rings (SSSR count). The van der Waals surface area contributed by atoms with Gasteiger partial charge in [-0.05, 0) is 69.7 Å². The number of rotatable bonds is 7. The van der Waals surface area contributed by atoms with E-state index < -0.39 is 0 Å². The number of hydrogen-bond donors (Lipinski definition) is 2. The summed E-state index contributed by atoms with van der Waals surface area (Å²) in [7, 11) is 0. The van der Waals surface area contributed by atoms with Crippen molar-refractivity contribution in [3.8, 4) is 16.9 Å². The van der Waals surface area contributed by atoms with Crippen LogP contribution in [0.1, 0.15) is 50.4 Å². The van der Waals surface area contributed by atoms with Crippen LogP contribution in [0.15, 0.2) is 60.0 Å². The third-order valence-electron chi connectivity index (χ3n) is 7.09. The molecule has 0 amide bonds. The van der Waals surface area contributed by atoms with Gasteiger partial charge in [0.1, 0.15) is 17.3 Å². The summed E-state index contributed by atoms with van der Waals surface area (Å²) in [5.41, 5.74) is 2.44. The predicted molar refractivity (Wildman–Crippen MR) is 143 cm³/mol. The molecule has 11 heteroatoms. The normalized spacial score (nSPS) is 21.3. The Morgan fingerprint density at radius 1 is 0.921 bits per heavy atom. The topological polar surface area (TPSA) is 125 Å². The number of nitrogens with zero attached hydrogens (tertiary/aromatic N) is 7. The van der Waals surface area contributed by atoms with Crippen LogP contribution in [0.4, 0.5) is 11.6 Å². The minimum Gasteiger partial charge on any atom is -0.367 e. The molecule has 2 fully saturated rings. The van der Waals surface area contributed by atoms with Gasteiger partial charge in [-0.25, -0.2) is 9.97 Å². The standard InChI is InChI=1S/C27H31N9O2/c1-18-14-29-25(17-28-18)33-20-8-7-19(13-20)32-24-10-9-21(15-30-24)35-11-4-5-22(27(35)37)23-16-31-36(34-23)26-6-2-3-12-38-26/h4-5,9-11,14-17,19-20,26H,2-3,6-8,12-13H2,1H3,(H,29,33)(H,30,32)/t19-,20-,26?/m0/s1. The molecule has 2 aliphatic rings.